The van der Waals surface area contributed by atoms with Crippen LogP contribution in [-0.4, -0.2) is 19.7 Å². The molecule has 1 heterocycles. The van der Waals surface area contributed by atoms with Crippen molar-refractivity contribution in [2.24, 2.45) is 0 Å². The number of rotatable bonds is 6. The third kappa shape index (κ3) is 5.03. The molecule has 3 aromatic carbocycles. The summed E-state index contributed by atoms with van der Waals surface area (Å²) < 4.78 is 52.4. The van der Waals surface area contributed by atoms with Gasteiger partial charge in [0.25, 0.3) is 0 Å². The first-order chi connectivity index (χ1) is 14.8. The molecule has 0 aliphatic heterocycles. The van der Waals surface area contributed by atoms with Gasteiger partial charge < -0.3 is 0 Å². The predicted molar refractivity (Wildman–Crippen MR) is 122 cm³/mol. The van der Waals surface area contributed by atoms with Gasteiger partial charge >= 0.3 is 0 Å². The number of thioether (sulfide) groups is 1. The molecule has 3 nitrogen and oxygen atoms in total. The van der Waals surface area contributed by atoms with Crippen LogP contribution in [0.25, 0.3) is 21.7 Å². The highest BCUT2D eigenvalue weighted by Crippen LogP contribution is 2.42. The number of hydrogen-bond acceptors (Lipinski definition) is 5. The molecule has 31 heavy (non-hydrogen) atoms. The summed E-state index contributed by atoms with van der Waals surface area (Å²) in [5.74, 6) is -0.138. The van der Waals surface area contributed by atoms with Crippen LogP contribution in [0.4, 0.5) is 8.78 Å². The van der Waals surface area contributed by atoms with E-state index in [4.69, 9.17) is 4.98 Å². The Morgan fingerprint density at radius 3 is 2.39 bits per heavy atom. The number of halogens is 2. The van der Waals surface area contributed by atoms with Gasteiger partial charge in [0.15, 0.2) is 14.2 Å². The lowest BCUT2D eigenvalue weighted by molar-refractivity contribution is 0.602. The number of aromatic nitrogens is 1. The Morgan fingerprint density at radius 2 is 1.68 bits per heavy atom. The summed E-state index contributed by atoms with van der Waals surface area (Å²) in [6.07, 6.45) is 1.16. The molecule has 0 saturated carbocycles. The van der Waals surface area contributed by atoms with E-state index in [2.05, 4.69) is 0 Å². The largest absolute Gasteiger partial charge is 0.229 e. The van der Waals surface area contributed by atoms with Crippen LogP contribution in [0.15, 0.2) is 82.0 Å². The zero-order chi connectivity index (χ0) is 22.0. The first kappa shape index (κ1) is 21.7. The molecule has 0 fully saturated rings. The van der Waals surface area contributed by atoms with Gasteiger partial charge in [0.1, 0.15) is 11.6 Å². The molecule has 0 radical (unpaired) electrons. The summed E-state index contributed by atoms with van der Waals surface area (Å²) >= 11 is 2.84. The summed E-state index contributed by atoms with van der Waals surface area (Å²) in [4.78, 5) is 5.65. The van der Waals surface area contributed by atoms with Crippen molar-refractivity contribution in [1.29, 1.82) is 0 Å². The molecule has 4 aromatic rings. The molecule has 0 atom stereocenters. The Labute approximate surface area is 187 Å². The zero-order valence-corrected chi connectivity index (χ0v) is 18.8. The molecule has 0 amide bonds. The van der Waals surface area contributed by atoms with E-state index in [1.54, 1.807) is 42.5 Å². The minimum Gasteiger partial charge on any atom is -0.229 e. The number of benzene rings is 3. The molecule has 0 aliphatic rings. The fraction of sp³-hybridized carbons (Fsp3) is 0.0870. The van der Waals surface area contributed by atoms with Gasteiger partial charge in [-0.25, -0.2) is 22.2 Å². The maximum atomic E-state index is 13.5. The van der Waals surface area contributed by atoms with E-state index in [1.807, 2.05) is 6.07 Å². The SMILES string of the molecule is CS(=O)(=O)c1ccccc1-c1nc(SCc2cccc(F)c2)sc1-c1ccc(F)cc1. The van der Waals surface area contributed by atoms with Gasteiger partial charge in [0, 0.05) is 17.6 Å². The van der Waals surface area contributed by atoms with Gasteiger partial charge in [0.05, 0.1) is 15.5 Å². The molecule has 0 aliphatic carbocycles. The van der Waals surface area contributed by atoms with E-state index in [9.17, 15) is 17.2 Å². The van der Waals surface area contributed by atoms with Gasteiger partial charge in [-0.2, -0.15) is 0 Å². The first-order valence-electron chi connectivity index (χ1n) is 9.25. The van der Waals surface area contributed by atoms with Crippen molar-refractivity contribution >= 4 is 32.9 Å². The Balaban J connectivity index is 1.79. The van der Waals surface area contributed by atoms with E-state index in [1.165, 1.54) is 47.4 Å². The number of sulfone groups is 1. The van der Waals surface area contributed by atoms with Gasteiger partial charge in [-0.05, 0) is 41.5 Å². The number of hydrogen-bond donors (Lipinski definition) is 0. The quantitative estimate of drug-likeness (QED) is 0.302. The van der Waals surface area contributed by atoms with Crippen LogP contribution >= 0.6 is 23.1 Å². The molecule has 4 rings (SSSR count). The lowest BCUT2D eigenvalue weighted by Crippen LogP contribution is -2.00. The van der Waals surface area contributed by atoms with Crippen molar-refractivity contribution in [3.05, 3.63) is 90.0 Å². The molecular formula is C23H17F2NO2S3. The van der Waals surface area contributed by atoms with Crippen molar-refractivity contribution in [1.82, 2.24) is 4.98 Å². The summed E-state index contributed by atoms with van der Waals surface area (Å²) in [6.45, 7) is 0. The average molecular weight is 474 g/mol. The fourth-order valence-electron chi connectivity index (χ4n) is 3.10. The van der Waals surface area contributed by atoms with E-state index in [0.29, 0.717) is 21.3 Å². The monoisotopic (exact) mass is 473 g/mol. The molecule has 0 saturated heterocycles. The third-order valence-corrected chi connectivity index (χ3v) is 7.98. The van der Waals surface area contributed by atoms with Crippen LogP contribution in [-0.2, 0) is 15.6 Å². The van der Waals surface area contributed by atoms with Crippen molar-refractivity contribution < 1.29 is 17.2 Å². The fourth-order valence-corrected chi connectivity index (χ4v) is 6.09. The van der Waals surface area contributed by atoms with Gasteiger partial charge in [-0.3, -0.25) is 0 Å². The van der Waals surface area contributed by atoms with E-state index in [0.717, 1.165) is 22.3 Å². The molecule has 0 spiro atoms. The van der Waals surface area contributed by atoms with Crippen molar-refractivity contribution in [3.8, 4) is 21.7 Å². The van der Waals surface area contributed by atoms with Gasteiger partial charge in [-0.1, -0.05) is 54.2 Å². The molecule has 0 N–H and O–H groups in total. The minimum absolute atomic E-state index is 0.186. The lowest BCUT2D eigenvalue weighted by atomic mass is 10.1. The van der Waals surface area contributed by atoms with Crippen molar-refractivity contribution in [2.45, 2.75) is 15.0 Å². The normalized spacial score (nSPS) is 11.6. The highest BCUT2D eigenvalue weighted by atomic mass is 32.2. The summed E-state index contributed by atoms with van der Waals surface area (Å²) in [6, 6.07) is 19.1. The maximum Gasteiger partial charge on any atom is 0.176 e. The molecule has 0 bridgehead atoms. The highest BCUT2D eigenvalue weighted by molar-refractivity contribution is 8.00. The van der Waals surface area contributed by atoms with Crippen LogP contribution < -0.4 is 0 Å². The highest BCUT2D eigenvalue weighted by Gasteiger charge is 2.21. The second-order valence-electron chi connectivity index (χ2n) is 6.85. The van der Waals surface area contributed by atoms with E-state index < -0.39 is 9.84 Å². The van der Waals surface area contributed by atoms with Crippen LogP contribution in [0, 0.1) is 11.6 Å². The summed E-state index contributed by atoms with van der Waals surface area (Å²) in [7, 11) is -3.48. The predicted octanol–water partition coefficient (Wildman–Crippen LogP) is 6.45. The Hall–Kier alpha value is -2.55. The first-order valence-corrected chi connectivity index (χ1v) is 12.9. The third-order valence-electron chi connectivity index (χ3n) is 4.51. The average Bonchev–Trinajstić information content (AvgIpc) is 3.16. The van der Waals surface area contributed by atoms with Crippen molar-refractivity contribution in [2.75, 3.05) is 6.26 Å². The molecule has 8 heteroatoms. The van der Waals surface area contributed by atoms with Crippen LogP contribution in [0.5, 0.6) is 0 Å². The Bertz CT molecular complexity index is 1330. The standard InChI is InChI=1S/C23H17F2NO2S3/c1-31(27,28)20-8-3-2-7-19(20)21-22(16-9-11-17(24)12-10-16)30-23(26-21)29-14-15-5-4-6-18(25)13-15/h2-13H,14H2,1H3. The lowest BCUT2D eigenvalue weighted by Gasteiger charge is -2.08. The van der Waals surface area contributed by atoms with Crippen LogP contribution in [0.3, 0.4) is 0 Å². The molecule has 158 valence electrons. The summed E-state index contributed by atoms with van der Waals surface area (Å²) in [5, 5.41) is 0. The Kier molecular flexibility index (Phi) is 6.22. The van der Waals surface area contributed by atoms with E-state index >= 15 is 0 Å². The Morgan fingerprint density at radius 1 is 0.935 bits per heavy atom. The smallest absolute Gasteiger partial charge is 0.176 e. The maximum absolute atomic E-state index is 13.5. The molecular weight excluding hydrogens is 456 g/mol. The second-order valence-corrected chi connectivity index (χ2v) is 11.1. The number of thiazole rings is 1. The molecule has 0 unspecified atom stereocenters. The minimum atomic E-state index is -3.48. The van der Waals surface area contributed by atoms with Crippen molar-refractivity contribution in [3.63, 3.8) is 0 Å². The van der Waals surface area contributed by atoms with Crippen LogP contribution in [0.1, 0.15) is 5.56 Å². The molecule has 1 aromatic heterocycles. The van der Waals surface area contributed by atoms with Gasteiger partial charge in [0.2, 0.25) is 0 Å². The second kappa shape index (κ2) is 8.90. The zero-order valence-electron chi connectivity index (χ0n) is 16.4. The van der Waals surface area contributed by atoms with E-state index in [-0.39, 0.29) is 16.5 Å². The summed E-state index contributed by atoms with van der Waals surface area (Å²) in [5.41, 5.74) is 2.59. The van der Waals surface area contributed by atoms with Crippen LogP contribution in [0.2, 0.25) is 0 Å². The number of nitrogens with zero attached hydrogens (tertiary/aromatic N) is 1. The van der Waals surface area contributed by atoms with Gasteiger partial charge in [-0.15, -0.1) is 11.3 Å². The topological polar surface area (TPSA) is 47.0 Å².